The Kier molecular flexibility index (Phi) is 24.8. The van der Waals surface area contributed by atoms with E-state index in [1.54, 1.807) is 0 Å². The van der Waals surface area contributed by atoms with Crippen LogP contribution in [0.25, 0.3) is 0 Å². The van der Waals surface area contributed by atoms with Crippen LogP contribution in [-0.4, -0.2) is 33.3 Å². The highest BCUT2D eigenvalue weighted by Gasteiger charge is 2.50. The van der Waals surface area contributed by atoms with Gasteiger partial charge in [0.05, 0.1) is 0 Å². The van der Waals surface area contributed by atoms with E-state index in [1.165, 1.54) is 84.5 Å². The minimum Gasteiger partial charge on any atom is -0.530 e. The summed E-state index contributed by atoms with van der Waals surface area (Å²) >= 11 is 0. The molecule has 0 N–H and O–H groups in total. The Labute approximate surface area is 741 Å². The normalized spacial score (nSPS) is 12.4. The Morgan fingerprint density at radius 2 is 0.290 bits per heavy atom. The van der Waals surface area contributed by atoms with E-state index in [0.29, 0.717) is 0 Å². The number of benzene rings is 16. The van der Waals surface area contributed by atoms with Gasteiger partial charge in [-0.05, 0) is 166 Å². The standard InChI is InChI=1S/C116H114O4Si4/c1-113(2,3)105-83-87(73-79-109(105)117-121(91-49-25-13-26-50-91,92-51-27-14-28-52-92)93-53-29-15-30-54-93)103(88-74-80-110(106(84-88)114(4,5)6)118-122(94-55-31-16-32-56-94,95-57-33-17-34-58-95)96-59-35-18-36-60-96)77-78-104(89-75-81-111(107(85-89)115(7,8)9)119-123(97-61-37-19-38-62-97,98-63-39-20-40-64-98)99-65-41-21-42-66-99)90-76-82-112(108(86-90)116(10,11)12)120-124(100-67-43-22-44-68-100,101-69-45-23-46-70-101)102-71-47-24-48-72-102/h13-76,79-86,103-104H,77-78H2,1-12H3. The highest BCUT2D eigenvalue weighted by atomic mass is 28.4. The molecule has 0 fully saturated rings. The molecule has 16 aromatic carbocycles. The van der Waals surface area contributed by atoms with Gasteiger partial charge in [0, 0.05) is 11.8 Å². The van der Waals surface area contributed by atoms with E-state index in [2.05, 4.69) is 520 Å². The van der Waals surface area contributed by atoms with Crippen LogP contribution in [0.3, 0.4) is 0 Å². The van der Waals surface area contributed by atoms with Gasteiger partial charge in [-0.3, -0.25) is 0 Å². The minimum atomic E-state index is -3.32. The predicted octanol–water partition coefficient (Wildman–Crippen LogP) is 20.8. The zero-order chi connectivity index (χ0) is 86.2. The molecule has 0 atom stereocenters. The third kappa shape index (κ3) is 17.4. The molecule has 0 amide bonds. The lowest BCUT2D eigenvalue weighted by Crippen LogP contribution is -2.71. The maximum atomic E-state index is 8.23. The van der Waals surface area contributed by atoms with E-state index in [0.717, 1.165) is 58.1 Å². The summed E-state index contributed by atoms with van der Waals surface area (Å²) in [6.45, 7) is 28.2. The van der Waals surface area contributed by atoms with E-state index in [-0.39, 0.29) is 33.5 Å². The summed E-state index contributed by atoms with van der Waals surface area (Å²) in [6.07, 6.45) is 1.49. The van der Waals surface area contributed by atoms with Gasteiger partial charge in [0.15, 0.2) is 0 Å². The van der Waals surface area contributed by atoms with Gasteiger partial charge >= 0.3 is 33.3 Å². The largest absolute Gasteiger partial charge is 0.530 e. The van der Waals surface area contributed by atoms with Crippen LogP contribution in [-0.2, 0) is 21.7 Å². The molecule has 0 unspecified atom stereocenters. The van der Waals surface area contributed by atoms with Gasteiger partial charge in [-0.15, -0.1) is 0 Å². The van der Waals surface area contributed by atoms with E-state index in [1.807, 2.05) is 0 Å². The quantitative estimate of drug-likeness (QED) is 0.0380. The highest BCUT2D eigenvalue weighted by Crippen LogP contribution is 2.47. The predicted molar refractivity (Wildman–Crippen MR) is 532 cm³/mol. The molecule has 0 aliphatic carbocycles. The van der Waals surface area contributed by atoms with Crippen LogP contribution in [0, 0.1) is 0 Å². The first-order valence-electron chi connectivity index (χ1n) is 44.0. The molecule has 0 saturated carbocycles. The van der Waals surface area contributed by atoms with Gasteiger partial charge < -0.3 is 17.7 Å². The molecule has 618 valence electrons. The van der Waals surface area contributed by atoms with Crippen LogP contribution in [0.15, 0.2) is 437 Å². The Morgan fingerprint density at radius 1 is 0.169 bits per heavy atom. The second-order valence-electron chi connectivity index (χ2n) is 37.2. The molecule has 4 nitrogen and oxygen atoms in total. The zero-order valence-corrected chi connectivity index (χ0v) is 77.8. The molecule has 0 spiro atoms. The third-order valence-corrected chi connectivity index (χ3v) is 40.7. The number of hydrogen-bond acceptors (Lipinski definition) is 4. The fourth-order valence-corrected chi connectivity index (χ4v) is 34.0. The van der Waals surface area contributed by atoms with Crippen molar-refractivity contribution in [3.05, 3.63) is 481 Å². The molecule has 16 aromatic rings. The Morgan fingerprint density at radius 3 is 0.403 bits per heavy atom. The average Bonchev–Trinajstić information content (AvgIpc) is 0.758. The summed E-state index contributed by atoms with van der Waals surface area (Å²) < 4.78 is 32.9. The van der Waals surface area contributed by atoms with Crippen molar-refractivity contribution in [1.29, 1.82) is 0 Å². The lowest BCUT2D eigenvalue weighted by Gasteiger charge is -2.37. The summed E-state index contributed by atoms with van der Waals surface area (Å²) in [5.74, 6) is 3.20. The maximum absolute atomic E-state index is 8.23. The SMILES string of the molecule is CC(C)(C)c1cc(C(CCC(c2ccc(O[Si](c3ccccc3)(c3ccccc3)c3ccccc3)c(C(C)(C)C)c2)c2ccc(O[Si](c3ccccc3)(c3ccccc3)c3ccccc3)c(C(C)(C)C)c2)c2ccc(O[Si](c3ccccc3)(c3ccccc3)c3ccccc3)c(C(C)(C)C)c2)ccc1O[Si](c1ccccc1)(c1ccccc1)c1ccccc1. The van der Waals surface area contributed by atoms with Gasteiger partial charge in [-0.2, -0.15) is 0 Å². The Balaban J connectivity index is 0.925. The van der Waals surface area contributed by atoms with Crippen molar-refractivity contribution in [1.82, 2.24) is 0 Å². The van der Waals surface area contributed by atoms with Gasteiger partial charge in [0.1, 0.15) is 23.0 Å². The molecule has 0 radical (unpaired) electrons. The molecule has 8 heteroatoms. The smallest absolute Gasteiger partial charge is 0.346 e. The second kappa shape index (κ2) is 36.2. The molecule has 0 aliphatic rings. The van der Waals surface area contributed by atoms with Crippen LogP contribution in [0.4, 0.5) is 0 Å². The topological polar surface area (TPSA) is 36.9 Å². The molecule has 0 heterocycles. The lowest BCUT2D eigenvalue weighted by atomic mass is 9.76. The first kappa shape index (κ1) is 85.2. The van der Waals surface area contributed by atoms with Gasteiger partial charge in [0.2, 0.25) is 0 Å². The average molecular weight is 1680 g/mol. The minimum absolute atomic E-state index is 0.163. The van der Waals surface area contributed by atoms with Crippen LogP contribution in [0.5, 0.6) is 23.0 Å². The van der Waals surface area contributed by atoms with Crippen LogP contribution < -0.4 is 79.9 Å². The summed E-state index contributed by atoms with van der Waals surface area (Å²) in [6, 6.07) is 161. The molecule has 0 aliphatic heterocycles. The first-order valence-corrected chi connectivity index (χ1v) is 51.6. The molecule has 0 aromatic heterocycles. The fraction of sp³-hybridized carbons (Fsp3) is 0.172. The first-order chi connectivity index (χ1) is 60.0. The van der Waals surface area contributed by atoms with E-state index in [4.69, 9.17) is 17.7 Å². The number of hydrogen-bond donors (Lipinski definition) is 0. The molecule has 0 saturated heterocycles. The summed E-state index contributed by atoms with van der Waals surface area (Å²) in [4.78, 5) is 0. The van der Waals surface area contributed by atoms with Crippen molar-refractivity contribution in [2.24, 2.45) is 0 Å². The van der Waals surface area contributed by atoms with E-state index in [9.17, 15) is 0 Å². The van der Waals surface area contributed by atoms with Crippen molar-refractivity contribution in [2.75, 3.05) is 0 Å². The van der Waals surface area contributed by atoms with Gasteiger partial charge in [0.25, 0.3) is 0 Å². The van der Waals surface area contributed by atoms with Crippen molar-refractivity contribution >= 4 is 95.5 Å². The van der Waals surface area contributed by atoms with Crippen molar-refractivity contribution in [2.45, 2.75) is 129 Å². The van der Waals surface area contributed by atoms with E-state index < -0.39 is 33.3 Å². The summed E-state index contributed by atoms with van der Waals surface area (Å²) in [7, 11) is -13.3. The van der Waals surface area contributed by atoms with Crippen molar-refractivity contribution < 1.29 is 17.7 Å². The summed E-state index contributed by atoms with van der Waals surface area (Å²) in [5.41, 5.74) is 7.87. The van der Waals surface area contributed by atoms with Crippen molar-refractivity contribution in [3.63, 3.8) is 0 Å². The third-order valence-electron chi connectivity index (χ3n) is 24.8. The monoisotopic (exact) mass is 1680 g/mol. The second-order valence-corrected chi connectivity index (χ2v) is 50.4. The lowest BCUT2D eigenvalue weighted by molar-refractivity contribution is 0.510. The molecule has 0 bridgehead atoms. The van der Waals surface area contributed by atoms with Gasteiger partial charge in [-0.1, -0.05) is 496 Å². The molecular weight excluding hydrogens is 1570 g/mol. The highest BCUT2D eigenvalue weighted by molar-refractivity contribution is 7.09. The molecule has 124 heavy (non-hydrogen) atoms. The molecule has 16 rings (SSSR count). The number of rotatable bonds is 27. The Bertz CT molecular complexity index is 5030. The molecular formula is C116H114O4Si4. The maximum Gasteiger partial charge on any atom is 0.346 e. The zero-order valence-electron chi connectivity index (χ0n) is 73.8. The van der Waals surface area contributed by atoms with E-state index >= 15 is 0 Å². The van der Waals surface area contributed by atoms with Gasteiger partial charge in [-0.25, -0.2) is 0 Å². The summed E-state index contributed by atoms with van der Waals surface area (Å²) in [5, 5.41) is 14.1. The fourth-order valence-electron chi connectivity index (χ4n) is 18.6. The van der Waals surface area contributed by atoms with Crippen LogP contribution in [0.2, 0.25) is 0 Å². The van der Waals surface area contributed by atoms with Crippen LogP contribution in [0.1, 0.15) is 152 Å². The Hall–Kier alpha value is -12.4. The van der Waals surface area contributed by atoms with Crippen molar-refractivity contribution in [3.8, 4) is 23.0 Å². The van der Waals surface area contributed by atoms with Crippen LogP contribution >= 0.6 is 0 Å².